The van der Waals surface area contributed by atoms with Gasteiger partial charge in [0, 0.05) is 18.7 Å². The highest BCUT2D eigenvalue weighted by Crippen LogP contribution is 2.14. The van der Waals surface area contributed by atoms with Gasteiger partial charge in [-0.2, -0.15) is 0 Å². The van der Waals surface area contributed by atoms with E-state index in [4.69, 9.17) is 0 Å². The minimum Gasteiger partial charge on any atom is -0.336 e. The summed E-state index contributed by atoms with van der Waals surface area (Å²) >= 11 is 0. The van der Waals surface area contributed by atoms with Gasteiger partial charge in [-0.3, -0.25) is 9.69 Å². The number of benzene rings is 2. The average Bonchev–Trinajstić information content (AvgIpc) is 2.93. The van der Waals surface area contributed by atoms with E-state index in [0.717, 1.165) is 11.4 Å². The summed E-state index contributed by atoms with van der Waals surface area (Å²) < 4.78 is 0. The lowest BCUT2D eigenvalue weighted by Crippen LogP contribution is -3.08. The number of nitrogens with zero attached hydrogens (tertiary/aromatic N) is 1. The molecule has 0 spiro atoms. The normalized spacial score (nSPS) is 15.9. The first kappa shape index (κ1) is 14.5. The molecule has 0 aliphatic carbocycles. The first-order valence-electron chi connectivity index (χ1n) is 7.50. The number of amides is 3. The Labute approximate surface area is 129 Å². The standard InChI is InChI=1S/C17H19N3O2/c1-19(12-16(21)20-9-8-18-17(20)22)11-13-6-7-14-4-2-3-5-15(14)10-13/h2-7,10H,8-9,11-12H2,1H3,(H,18,22)/p+1. The van der Waals surface area contributed by atoms with Gasteiger partial charge in [-0.25, -0.2) is 4.79 Å². The van der Waals surface area contributed by atoms with Gasteiger partial charge in [-0.15, -0.1) is 0 Å². The summed E-state index contributed by atoms with van der Waals surface area (Å²) in [5.74, 6) is -0.117. The first-order valence-corrected chi connectivity index (χ1v) is 7.50. The van der Waals surface area contributed by atoms with Crippen LogP contribution in [0.1, 0.15) is 5.56 Å². The molecule has 1 heterocycles. The van der Waals surface area contributed by atoms with Crippen LogP contribution in [0.3, 0.4) is 0 Å². The van der Waals surface area contributed by atoms with Crippen LogP contribution < -0.4 is 10.2 Å². The maximum Gasteiger partial charge on any atom is 0.324 e. The van der Waals surface area contributed by atoms with Gasteiger partial charge < -0.3 is 10.2 Å². The van der Waals surface area contributed by atoms with Crippen molar-refractivity contribution < 1.29 is 14.5 Å². The van der Waals surface area contributed by atoms with Crippen LogP contribution in [0.2, 0.25) is 0 Å². The molecule has 2 N–H and O–H groups in total. The number of likely N-dealkylation sites (N-methyl/N-ethyl adjacent to an activating group) is 1. The van der Waals surface area contributed by atoms with Crippen LogP contribution in [0.25, 0.3) is 10.8 Å². The Morgan fingerprint density at radius 2 is 2.00 bits per heavy atom. The molecule has 0 bridgehead atoms. The predicted molar refractivity (Wildman–Crippen MR) is 84.5 cm³/mol. The largest absolute Gasteiger partial charge is 0.336 e. The third-order valence-corrected chi connectivity index (χ3v) is 3.93. The zero-order valence-electron chi connectivity index (χ0n) is 12.6. The van der Waals surface area contributed by atoms with Crippen LogP contribution in [0, 0.1) is 0 Å². The Kier molecular flexibility index (Phi) is 4.06. The van der Waals surface area contributed by atoms with Crippen molar-refractivity contribution >= 4 is 22.7 Å². The van der Waals surface area contributed by atoms with Gasteiger partial charge in [-0.1, -0.05) is 36.4 Å². The molecule has 5 heteroatoms. The van der Waals surface area contributed by atoms with E-state index in [9.17, 15) is 9.59 Å². The third-order valence-electron chi connectivity index (χ3n) is 3.93. The third kappa shape index (κ3) is 3.09. The van der Waals surface area contributed by atoms with Gasteiger partial charge in [0.1, 0.15) is 6.54 Å². The summed E-state index contributed by atoms with van der Waals surface area (Å²) in [4.78, 5) is 26.0. The molecule has 1 aliphatic heterocycles. The Morgan fingerprint density at radius 1 is 1.23 bits per heavy atom. The van der Waals surface area contributed by atoms with Crippen LogP contribution in [0.15, 0.2) is 42.5 Å². The maximum atomic E-state index is 12.1. The van der Waals surface area contributed by atoms with Crippen LogP contribution in [-0.4, -0.2) is 43.5 Å². The summed E-state index contributed by atoms with van der Waals surface area (Å²) in [6.45, 7) is 2.10. The van der Waals surface area contributed by atoms with Crippen molar-refractivity contribution in [2.45, 2.75) is 6.54 Å². The molecule has 5 nitrogen and oxygen atoms in total. The summed E-state index contributed by atoms with van der Waals surface area (Å²) in [6.07, 6.45) is 0. The second-order valence-corrected chi connectivity index (χ2v) is 5.77. The molecule has 1 unspecified atom stereocenters. The van der Waals surface area contributed by atoms with E-state index in [1.165, 1.54) is 21.2 Å². The molecule has 3 rings (SSSR count). The smallest absolute Gasteiger partial charge is 0.324 e. The molecule has 1 saturated heterocycles. The summed E-state index contributed by atoms with van der Waals surface area (Å²) in [5.41, 5.74) is 1.19. The van der Waals surface area contributed by atoms with Crippen molar-refractivity contribution in [3.63, 3.8) is 0 Å². The SMILES string of the molecule is C[NH+](CC(=O)N1CCNC1=O)Cc1ccc2ccccc2c1. The zero-order valence-corrected chi connectivity index (χ0v) is 12.6. The van der Waals surface area contributed by atoms with E-state index in [2.05, 4.69) is 35.6 Å². The molecule has 1 fully saturated rings. The summed E-state index contributed by atoms with van der Waals surface area (Å²) in [6, 6.07) is 14.3. The molecule has 0 radical (unpaired) electrons. The zero-order chi connectivity index (χ0) is 15.5. The second-order valence-electron chi connectivity index (χ2n) is 5.77. The highest BCUT2D eigenvalue weighted by atomic mass is 16.2. The molecule has 0 aromatic heterocycles. The van der Waals surface area contributed by atoms with E-state index < -0.39 is 0 Å². The van der Waals surface area contributed by atoms with Crippen molar-refractivity contribution in [1.29, 1.82) is 0 Å². The van der Waals surface area contributed by atoms with Crippen LogP contribution >= 0.6 is 0 Å². The number of hydrogen-bond acceptors (Lipinski definition) is 2. The number of quaternary nitrogens is 1. The van der Waals surface area contributed by atoms with E-state index in [0.29, 0.717) is 19.6 Å². The van der Waals surface area contributed by atoms with E-state index in [1.807, 2.05) is 19.2 Å². The fraction of sp³-hybridized carbons (Fsp3) is 0.294. The number of carbonyl (C=O) groups is 2. The molecule has 2 aromatic carbocycles. The van der Waals surface area contributed by atoms with Crippen molar-refractivity contribution in [3.05, 3.63) is 48.0 Å². The fourth-order valence-electron chi connectivity index (χ4n) is 2.82. The van der Waals surface area contributed by atoms with Crippen LogP contribution in [0.5, 0.6) is 0 Å². The van der Waals surface area contributed by atoms with Gasteiger partial charge in [0.05, 0.1) is 7.05 Å². The number of fused-ring (bicyclic) bond motifs is 1. The topological polar surface area (TPSA) is 53.9 Å². The predicted octanol–water partition coefficient (Wildman–Crippen LogP) is 0.406. The first-order chi connectivity index (χ1) is 10.6. The minimum atomic E-state index is -0.275. The van der Waals surface area contributed by atoms with Gasteiger partial charge in [0.2, 0.25) is 0 Å². The lowest BCUT2D eigenvalue weighted by Gasteiger charge is -2.17. The number of nitrogens with one attached hydrogen (secondary N) is 2. The van der Waals surface area contributed by atoms with Crippen molar-refractivity contribution in [2.24, 2.45) is 0 Å². The van der Waals surface area contributed by atoms with Crippen molar-refractivity contribution in [3.8, 4) is 0 Å². The average molecular weight is 298 g/mol. The molecule has 1 aliphatic rings. The Balaban J connectivity index is 1.64. The highest BCUT2D eigenvalue weighted by Gasteiger charge is 2.28. The number of hydrogen-bond donors (Lipinski definition) is 2. The Morgan fingerprint density at radius 3 is 2.73 bits per heavy atom. The quantitative estimate of drug-likeness (QED) is 0.859. The molecule has 0 saturated carbocycles. The molecule has 1 atom stereocenters. The molecule has 3 amide bonds. The summed E-state index contributed by atoms with van der Waals surface area (Å²) in [5, 5.41) is 5.07. The minimum absolute atomic E-state index is 0.117. The molecular weight excluding hydrogens is 278 g/mol. The number of carbonyl (C=O) groups excluding carboxylic acids is 2. The van der Waals surface area contributed by atoms with Crippen LogP contribution in [0.4, 0.5) is 4.79 Å². The van der Waals surface area contributed by atoms with E-state index in [-0.39, 0.29) is 11.9 Å². The van der Waals surface area contributed by atoms with Crippen molar-refractivity contribution in [1.82, 2.24) is 10.2 Å². The monoisotopic (exact) mass is 298 g/mol. The second kappa shape index (κ2) is 6.15. The number of urea groups is 1. The molecular formula is C17H20N3O2+. The van der Waals surface area contributed by atoms with E-state index in [1.54, 1.807) is 0 Å². The highest BCUT2D eigenvalue weighted by molar-refractivity contribution is 5.96. The lowest BCUT2D eigenvalue weighted by atomic mass is 10.1. The van der Waals surface area contributed by atoms with E-state index >= 15 is 0 Å². The van der Waals surface area contributed by atoms with Crippen LogP contribution in [-0.2, 0) is 11.3 Å². The number of rotatable bonds is 4. The Bertz CT molecular complexity index is 714. The fourth-order valence-corrected chi connectivity index (χ4v) is 2.82. The summed E-state index contributed by atoms with van der Waals surface area (Å²) in [7, 11) is 1.97. The molecule has 22 heavy (non-hydrogen) atoms. The molecule has 2 aromatic rings. The maximum absolute atomic E-state index is 12.1. The van der Waals surface area contributed by atoms with Gasteiger partial charge in [0.25, 0.3) is 5.91 Å². The van der Waals surface area contributed by atoms with Gasteiger partial charge in [-0.05, 0) is 16.8 Å². The van der Waals surface area contributed by atoms with Gasteiger partial charge >= 0.3 is 6.03 Å². The number of imide groups is 1. The Hall–Kier alpha value is -2.40. The van der Waals surface area contributed by atoms with Gasteiger partial charge in [0.15, 0.2) is 6.54 Å². The van der Waals surface area contributed by atoms with Crippen molar-refractivity contribution in [2.75, 3.05) is 26.7 Å². The lowest BCUT2D eigenvalue weighted by molar-refractivity contribution is -0.885. The molecule has 114 valence electrons.